The molecule has 3 rings (SSSR count). The largest absolute Gasteiger partial charge is 0.496 e. The van der Waals surface area contributed by atoms with E-state index in [9.17, 15) is 18.0 Å². The van der Waals surface area contributed by atoms with E-state index in [1.54, 1.807) is 36.4 Å². The number of para-hydroxylation sites is 1. The fourth-order valence-electron chi connectivity index (χ4n) is 3.31. The summed E-state index contributed by atoms with van der Waals surface area (Å²) in [4.78, 5) is 24.4. The van der Waals surface area contributed by atoms with Crippen molar-refractivity contribution < 1.29 is 27.5 Å². The molecule has 8 heteroatoms. The number of methoxy groups -OCH3 is 1. The molecule has 30 heavy (non-hydrogen) atoms. The maximum Gasteiger partial charge on any atom is 0.331 e. The maximum atomic E-state index is 12.4. The predicted octanol–water partition coefficient (Wildman–Crippen LogP) is 2.85. The van der Waals surface area contributed by atoms with Crippen molar-refractivity contribution in [3.8, 4) is 5.75 Å². The van der Waals surface area contributed by atoms with E-state index in [4.69, 9.17) is 9.47 Å². The first-order valence-electron chi connectivity index (χ1n) is 9.41. The predicted molar refractivity (Wildman–Crippen MR) is 114 cm³/mol. The quantitative estimate of drug-likeness (QED) is 0.382. The zero-order valence-electron chi connectivity index (χ0n) is 16.8. The number of carbonyl (C=O) groups excluding carboxylic acids is 2. The van der Waals surface area contributed by atoms with Crippen LogP contribution in [0, 0.1) is 0 Å². The monoisotopic (exact) mass is 429 g/mol. The van der Waals surface area contributed by atoms with Gasteiger partial charge in [-0.05, 0) is 48.7 Å². The number of aryl methyl sites for hydroxylation is 1. The number of benzene rings is 2. The van der Waals surface area contributed by atoms with E-state index < -0.39 is 22.6 Å². The van der Waals surface area contributed by atoms with Crippen LogP contribution in [0.25, 0.3) is 6.08 Å². The molecule has 0 saturated heterocycles. The molecule has 1 heterocycles. The zero-order chi connectivity index (χ0) is 21.7. The Morgan fingerprint density at radius 3 is 2.67 bits per heavy atom. The van der Waals surface area contributed by atoms with Crippen LogP contribution in [-0.4, -0.2) is 46.7 Å². The Hall–Kier alpha value is -3.13. The third-order valence-electron chi connectivity index (χ3n) is 4.76. The van der Waals surface area contributed by atoms with Crippen molar-refractivity contribution in [2.45, 2.75) is 12.8 Å². The Labute approximate surface area is 176 Å². The van der Waals surface area contributed by atoms with E-state index in [0.717, 1.165) is 5.56 Å². The topological polar surface area (TPSA) is 90.0 Å². The number of ether oxygens (including phenoxy) is 2. The van der Waals surface area contributed by atoms with Gasteiger partial charge in [0.1, 0.15) is 5.75 Å². The van der Waals surface area contributed by atoms with Crippen molar-refractivity contribution in [1.29, 1.82) is 0 Å². The molecule has 1 aliphatic rings. The van der Waals surface area contributed by atoms with E-state index in [-0.39, 0.29) is 5.78 Å². The minimum atomic E-state index is -3.37. The molecule has 0 amide bonds. The second kappa shape index (κ2) is 9.13. The Bertz CT molecular complexity index is 1090. The molecule has 0 aliphatic carbocycles. The molecular formula is C22H23NO6S. The molecule has 0 unspecified atom stereocenters. The van der Waals surface area contributed by atoms with Crippen molar-refractivity contribution in [2.75, 3.05) is 30.8 Å². The first-order chi connectivity index (χ1) is 14.3. The van der Waals surface area contributed by atoms with Gasteiger partial charge in [-0.1, -0.05) is 18.2 Å². The van der Waals surface area contributed by atoms with Gasteiger partial charge in [-0.3, -0.25) is 9.10 Å². The fraction of sp³-hybridized carbons (Fsp3) is 0.273. The van der Waals surface area contributed by atoms with E-state index in [1.807, 2.05) is 12.1 Å². The molecule has 0 N–H and O–H groups in total. The Balaban J connectivity index is 1.64. The summed E-state index contributed by atoms with van der Waals surface area (Å²) in [6.45, 7) is 0.0267. The minimum absolute atomic E-state index is 0.353. The van der Waals surface area contributed by atoms with Gasteiger partial charge in [0.15, 0.2) is 12.4 Å². The van der Waals surface area contributed by atoms with Gasteiger partial charge in [-0.15, -0.1) is 0 Å². The summed E-state index contributed by atoms with van der Waals surface area (Å²) in [5, 5.41) is 0. The zero-order valence-corrected chi connectivity index (χ0v) is 17.6. The lowest BCUT2D eigenvalue weighted by molar-refractivity contribution is -0.136. The number of hydrogen-bond acceptors (Lipinski definition) is 6. The van der Waals surface area contributed by atoms with Gasteiger partial charge < -0.3 is 9.47 Å². The third-order valence-corrected chi connectivity index (χ3v) is 5.94. The first kappa shape index (κ1) is 21.6. The van der Waals surface area contributed by atoms with Gasteiger partial charge >= 0.3 is 5.97 Å². The molecule has 0 bridgehead atoms. The number of nitrogens with zero attached hydrogens (tertiary/aromatic N) is 1. The normalized spacial score (nSPS) is 13.7. The van der Waals surface area contributed by atoms with Crippen molar-refractivity contribution >= 4 is 33.5 Å². The summed E-state index contributed by atoms with van der Waals surface area (Å²) in [5.74, 6) is -0.376. The van der Waals surface area contributed by atoms with E-state index >= 15 is 0 Å². The van der Waals surface area contributed by atoms with Gasteiger partial charge in [0.2, 0.25) is 10.0 Å². The second-order valence-electron chi connectivity index (χ2n) is 6.89. The van der Waals surface area contributed by atoms with Crippen LogP contribution in [-0.2, 0) is 26.0 Å². The number of Topliss-reactive ketones (excluding diaryl/α,β-unsaturated/α-hetero) is 1. The highest BCUT2D eigenvalue weighted by Gasteiger charge is 2.24. The lowest BCUT2D eigenvalue weighted by atomic mass is 9.99. The van der Waals surface area contributed by atoms with E-state index in [2.05, 4.69) is 0 Å². The summed E-state index contributed by atoms with van der Waals surface area (Å²) in [6, 6.07) is 12.1. The number of esters is 1. The summed E-state index contributed by atoms with van der Waals surface area (Å²) >= 11 is 0. The number of ketones is 1. The molecule has 0 spiro atoms. The first-order valence-corrected chi connectivity index (χ1v) is 11.3. The van der Waals surface area contributed by atoms with Gasteiger partial charge in [-0.25, -0.2) is 13.2 Å². The Morgan fingerprint density at radius 1 is 1.17 bits per heavy atom. The molecule has 158 valence electrons. The van der Waals surface area contributed by atoms with Crippen LogP contribution in [0.15, 0.2) is 48.5 Å². The summed E-state index contributed by atoms with van der Waals surface area (Å²) < 4.78 is 35.5. The molecule has 7 nitrogen and oxygen atoms in total. The highest BCUT2D eigenvalue weighted by Crippen LogP contribution is 2.30. The summed E-state index contributed by atoms with van der Waals surface area (Å²) in [5.41, 5.74) is 2.48. The number of carbonyl (C=O) groups is 2. The molecule has 0 fully saturated rings. The Kier molecular flexibility index (Phi) is 6.56. The highest BCUT2D eigenvalue weighted by molar-refractivity contribution is 7.92. The molecule has 0 aromatic heterocycles. The van der Waals surface area contributed by atoms with Crippen LogP contribution in [0.1, 0.15) is 27.9 Å². The van der Waals surface area contributed by atoms with Gasteiger partial charge in [0.05, 0.1) is 19.1 Å². The lowest BCUT2D eigenvalue weighted by Crippen LogP contribution is -2.34. The molecule has 1 aliphatic heterocycles. The number of hydrogen-bond donors (Lipinski definition) is 0. The van der Waals surface area contributed by atoms with Crippen LogP contribution in [0.5, 0.6) is 5.75 Å². The second-order valence-corrected chi connectivity index (χ2v) is 8.80. The van der Waals surface area contributed by atoms with Crippen LogP contribution in [0.2, 0.25) is 0 Å². The van der Waals surface area contributed by atoms with Gasteiger partial charge in [0, 0.05) is 23.7 Å². The van der Waals surface area contributed by atoms with Crippen molar-refractivity contribution in [3.05, 3.63) is 65.2 Å². The summed E-state index contributed by atoms with van der Waals surface area (Å²) in [7, 11) is -1.83. The Morgan fingerprint density at radius 2 is 1.93 bits per heavy atom. The van der Waals surface area contributed by atoms with Crippen LogP contribution in [0.4, 0.5) is 5.69 Å². The highest BCUT2D eigenvalue weighted by atomic mass is 32.2. The average Bonchev–Trinajstić information content (AvgIpc) is 2.74. The minimum Gasteiger partial charge on any atom is -0.496 e. The van der Waals surface area contributed by atoms with E-state index in [1.165, 1.54) is 23.7 Å². The standard InChI is InChI=1S/C22H23NO6S/c1-28-21-8-4-3-6-16(21)10-12-22(25)29-15-20(24)18-9-11-19-17(14-18)7-5-13-23(19)30(2,26)27/h3-4,6,8-12,14H,5,7,13,15H2,1-2H3/b12-10+. The van der Waals surface area contributed by atoms with Crippen LogP contribution < -0.4 is 9.04 Å². The lowest BCUT2D eigenvalue weighted by Gasteiger charge is -2.29. The molecule has 0 radical (unpaired) electrons. The van der Waals surface area contributed by atoms with Crippen molar-refractivity contribution in [1.82, 2.24) is 0 Å². The van der Waals surface area contributed by atoms with Crippen LogP contribution in [0.3, 0.4) is 0 Å². The van der Waals surface area contributed by atoms with Gasteiger partial charge in [-0.2, -0.15) is 0 Å². The SMILES string of the molecule is COc1ccccc1/C=C/C(=O)OCC(=O)c1ccc2c(c1)CCCN2S(C)(=O)=O. The van der Waals surface area contributed by atoms with E-state index in [0.29, 0.717) is 42.0 Å². The molecular weight excluding hydrogens is 406 g/mol. The molecule has 0 atom stereocenters. The number of fused-ring (bicyclic) bond motifs is 1. The number of sulfonamides is 1. The maximum absolute atomic E-state index is 12.4. The van der Waals surface area contributed by atoms with Crippen molar-refractivity contribution in [3.63, 3.8) is 0 Å². The van der Waals surface area contributed by atoms with Crippen molar-refractivity contribution in [2.24, 2.45) is 0 Å². The fourth-order valence-corrected chi connectivity index (χ4v) is 4.31. The number of anilines is 1. The third kappa shape index (κ3) is 5.07. The van der Waals surface area contributed by atoms with Gasteiger partial charge in [0.25, 0.3) is 0 Å². The smallest absolute Gasteiger partial charge is 0.331 e. The average molecular weight is 429 g/mol. The number of rotatable bonds is 7. The summed E-state index contributed by atoms with van der Waals surface area (Å²) in [6.07, 6.45) is 5.33. The molecule has 2 aromatic rings. The molecule has 0 saturated carbocycles. The van der Waals surface area contributed by atoms with Crippen LogP contribution >= 0.6 is 0 Å². The molecule has 2 aromatic carbocycles.